The van der Waals surface area contributed by atoms with Crippen LogP contribution in [0.3, 0.4) is 0 Å². The first kappa shape index (κ1) is 19.0. The number of carbonyl (C=O) groups is 2. The van der Waals surface area contributed by atoms with Crippen molar-refractivity contribution in [3.63, 3.8) is 0 Å². The van der Waals surface area contributed by atoms with E-state index in [1.165, 1.54) is 0 Å². The van der Waals surface area contributed by atoms with Crippen molar-refractivity contribution in [3.8, 4) is 0 Å². The monoisotopic (exact) mass is 323 g/mol. The van der Waals surface area contributed by atoms with Crippen molar-refractivity contribution in [2.75, 3.05) is 0 Å². The van der Waals surface area contributed by atoms with Crippen molar-refractivity contribution in [3.05, 3.63) is 35.9 Å². The summed E-state index contributed by atoms with van der Waals surface area (Å²) >= 11 is 0. The van der Waals surface area contributed by atoms with Crippen LogP contribution in [0.1, 0.15) is 39.7 Å². The smallest absolute Gasteiger partial charge is 0.407 e. The first-order valence-corrected chi connectivity index (χ1v) is 7.54. The van der Waals surface area contributed by atoms with Gasteiger partial charge in [0.15, 0.2) is 0 Å². The van der Waals surface area contributed by atoms with Crippen LogP contribution < -0.4 is 5.32 Å². The van der Waals surface area contributed by atoms with Gasteiger partial charge in [-0.25, -0.2) is 4.79 Å². The van der Waals surface area contributed by atoms with E-state index in [-0.39, 0.29) is 6.42 Å². The highest BCUT2D eigenvalue weighted by molar-refractivity contribution is 5.71. The van der Waals surface area contributed by atoms with E-state index < -0.39 is 29.8 Å². The molecule has 0 saturated carbocycles. The van der Waals surface area contributed by atoms with Crippen LogP contribution >= 0.6 is 0 Å². The highest BCUT2D eigenvalue weighted by atomic mass is 16.6. The molecule has 0 bridgehead atoms. The largest absolute Gasteiger partial charge is 0.481 e. The van der Waals surface area contributed by atoms with Gasteiger partial charge in [0.05, 0.1) is 25.2 Å². The summed E-state index contributed by atoms with van der Waals surface area (Å²) in [6.45, 7) is 7.30. The summed E-state index contributed by atoms with van der Waals surface area (Å²) in [5.41, 5.74) is 0.331. The van der Waals surface area contributed by atoms with Crippen LogP contribution in [0.5, 0.6) is 0 Å². The molecule has 2 N–H and O–H groups in total. The van der Waals surface area contributed by atoms with E-state index in [0.717, 1.165) is 5.56 Å². The molecule has 1 aromatic rings. The number of amides is 1. The Balaban J connectivity index is 2.61. The molecule has 0 radical (unpaired) electrons. The summed E-state index contributed by atoms with van der Waals surface area (Å²) in [6, 6.07) is 8.87. The predicted octanol–water partition coefficient (Wildman–Crippen LogP) is 2.96. The average molecular weight is 323 g/mol. The van der Waals surface area contributed by atoms with E-state index in [1.54, 1.807) is 27.7 Å². The third-order valence-corrected chi connectivity index (χ3v) is 3.02. The first-order valence-electron chi connectivity index (χ1n) is 7.54. The number of ether oxygens (including phenoxy) is 2. The van der Waals surface area contributed by atoms with Gasteiger partial charge < -0.3 is 19.9 Å². The van der Waals surface area contributed by atoms with Crippen LogP contribution in [-0.2, 0) is 20.9 Å². The van der Waals surface area contributed by atoms with E-state index in [0.29, 0.717) is 6.61 Å². The van der Waals surface area contributed by atoms with Crippen LogP contribution in [0, 0.1) is 0 Å². The Morgan fingerprint density at radius 2 is 1.83 bits per heavy atom. The lowest BCUT2D eigenvalue weighted by Crippen LogP contribution is -2.46. The quantitative estimate of drug-likeness (QED) is 0.806. The third kappa shape index (κ3) is 8.21. The Hall–Kier alpha value is -2.08. The number of rotatable bonds is 7. The molecule has 128 valence electrons. The molecule has 1 aromatic carbocycles. The van der Waals surface area contributed by atoms with Crippen molar-refractivity contribution in [1.82, 2.24) is 5.32 Å². The second kappa shape index (κ2) is 8.53. The van der Waals surface area contributed by atoms with Gasteiger partial charge in [0, 0.05) is 0 Å². The standard InChI is InChI=1S/C17H25NO5/c1-12(22-11-13-8-6-5-7-9-13)14(10-15(19)20)18-16(21)23-17(2,3)4/h5-9,12,14H,10-11H2,1-4H3,(H,18,21)(H,19,20)/t12?,14-/m1/s1. The molecule has 2 atom stereocenters. The molecule has 0 aromatic heterocycles. The Morgan fingerprint density at radius 1 is 1.22 bits per heavy atom. The summed E-state index contributed by atoms with van der Waals surface area (Å²) in [5, 5.41) is 11.6. The summed E-state index contributed by atoms with van der Waals surface area (Å²) < 4.78 is 10.9. The number of hydrogen-bond donors (Lipinski definition) is 2. The normalized spacial score (nSPS) is 13.9. The lowest BCUT2D eigenvalue weighted by atomic mass is 10.1. The number of carbonyl (C=O) groups excluding carboxylic acids is 1. The van der Waals surface area contributed by atoms with Gasteiger partial charge in [-0.2, -0.15) is 0 Å². The lowest BCUT2D eigenvalue weighted by Gasteiger charge is -2.26. The molecule has 0 spiro atoms. The minimum absolute atomic E-state index is 0.241. The number of carboxylic acids is 1. The minimum atomic E-state index is -1.01. The van der Waals surface area contributed by atoms with Gasteiger partial charge in [-0.05, 0) is 33.3 Å². The fraction of sp³-hybridized carbons (Fsp3) is 0.529. The summed E-state index contributed by atoms with van der Waals surface area (Å²) in [7, 11) is 0. The van der Waals surface area contributed by atoms with Gasteiger partial charge in [0.1, 0.15) is 5.60 Å². The average Bonchev–Trinajstić information content (AvgIpc) is 2.42. The maximum absolute atomic E-state index is 11.8. The summed E-state index contributed by atoms with van der Waals surface area (Å²) in [6.07, 6.45) is -1.37. The van der Waals surface area contributed by atoms with E-state index in [9.17, 15) is 9.59 Å². The molecular formula is C17H25NO5. The highest BCUT2D eigenvalue weighted by Crippen LogP contribution is 2.11. The number of carboxylic acid groups (broad SMARTS) is 1. The van der Waals surface area contributed by atoms with E-state index >= 15 is 0 Å². The highest BCUT2D eigenvalue weighted by Gasteiger charge is 2.26. The fourth-order valence-corrected chi connectivity index (χ4v) is 1.90. The zero-order chi connectivity index (χ0) is 17.5. The maximum Gasteiger partial charge on any atom is 0.407 e. The number of benzene rings is 1. The van der Waals surface area contributed by atoms with Crippen LogP contribution in [0.25, 0.3) is 0 Å². The van der Waals surface area contributed by atoms with Crippen LogP contribution in [0.15, 0.2) is 30.3 Å². The molecule has 1 unspecified atom stereocenters. The van der Waals surface area contributed by atoms with E-state index in [2.05, 4.69) is 5.32 Å². The molecule has 0 aliphatic heterocycles. The Kier molecular flexibility index (Phi) is 7.03. The molecule has 0 aliphatic carbocycles. The zero-order valence-electron chi connectivity index (χ0n) is 14.0. The molecule has 0 saturated heterocycles. The SMILES string of the molecule is CC(OCc1ccccc1)[C@@H](CC(=O)O)NC(=O)OC(C)(C)C. The Labute approximate surface area is 136 Å². The summed E-state index contributed by atoms with van der Waals surface area (Å²) in [4.78, 5) is 22.9. The van der Waals surface area contributed by atoms with Crippen LogP contribution in [0.2, 0.25) is 0 Å². The van der Waals surface area contributed by atoms with Gasteiger partial charge in [0.25, 0.3) is 0 Å². The fourth-order valence-electron chi connectivity index (χ4n) is 1.90. The van der Waals surface area contributed by atoms with Crippen LogP contribution in [0.4, 0.5) is 4.79 Å². The minimum Gasteiger partial charge on any atom is -0.481 e. The summed E-state index contributed by atoms with van der Waals surface area (Å²) in [5.74, 6) is -1.01. The lowest BCUT2D eigenvalue weighted by molar-refractivity contribution is -0.138. The molecule has 0 fully saturated rings. The van der Waals surface area contributed by atoms with Crippen molar-refractivity contribution in [1.29, 1.82) is 0 Å². The van der Waals surface area contributed by atoms with Gasteiger partial charge in [-0.15, -0.1) is 0 Å². The number of aliphatic carboxylic acids is 1. The van der Waals surface area contributed by atoms with Gasteiger partial charge in [-0.1, -0.05) is 30.3 Å². The number of nitrogens with one attached hydrogen (secondary N) is 1. The molecule has 1 rings (SSSR count). The van der Waals surface area contributed by atoms with Crippen molar-refractivity contribution in [2.45, 2.75) is 58.5 Å². The van der Waals surface area contributed by atoms with Crippen molar-refractivity contribution in [2.24, 2.45) is 0 Å². The first-order chi connectivity index (χ1) is 10.7. The molecule has 23 heavy (non-hydrogen) atoms. The molecule has 6 nitrogen and oxygen atoms in total. The Bertz CT molecular complexity index is 509. The van der Waals surface area contributed by atoms with Crippen molar-refractivity contribution < 1.29 is 24.2 Å². The van der Waals surface area contributed by atoms with Gasteiger partial charge in [0.2, 0.25) is 0 Å². The van der Waals surface area contributed by atoms with E-state index in [4.69, 9.17) is 14.6 Å². The second-order valence-corrected chi connectivity index (χ2v) is 6.35. The number of hydrogen-bond acceptors (Lipinski definition) is 4. The number of alkyl carbamates (subject to hydrolysis) is 1. The topological polar surface area (TPSA) is 84.9 Å². The molecular weight excluding hydrogens is 298 g/mol. The molecule has 6 heteroatoms. The van der Waals surface area contributed by atoms with E-state index in [1.807, 2.05) is 30.3 Å². The molecule has 1 amide bonds. The zero-order valence-corrected chi connectivity index (χ0v) is 14.0. The predicted molar refractivity (Wildman–Crippen MR) is 86.1 cm³/mol. The molecule has 0 heterocycles. The maximum atomic E-state index is 11.8. The van der Waals surface area contributed by atoms with Crippen LogP contribution in [-0.4, -0.2) is 34.9 Å². The third-order valence-electron chi connectivity index (χ3n) is 3.02. The van der Waals surface area contributed by atoms with Crippen molar-refractivity contribution >= 4 is 12.1 Å². The molecule has 0 aliphatic rings. The van der Waals surface area contributed by atoms with Gasteiger partial charge >= 0.3 is 12.1 Å². The second-order valence-electron chi connectivity index (χ2n) is 6.35. The van der Waals surface area contributed by atoms with Gasteiger partial charge in [-0.3, -0.25) is 4.79 Å². The Morgan fingerprint density at radius 3 is 2.35 bits per heavy atom.